The van der Waals surface area contributed by atoms with Gasteiger partial charge in [0.1, 0.15) is 5.75 Å². The minimum Gasteiger partial charge on any atom is -0.506 e. The van der Waals surface area contributed by atoms with Gasteiger partial charge in [0.05, 0.1) is 22.6 Å². The van der Waals surface area contributed by atoms with Gasteiger partial charge in [-0.2, -0.15) is 0 Å². The van der Waals surface area contributed by atoms with E-state index in [1.807, 2.05) is 27.7 Å². The van der Waals surface area contributed by atoms with Crippen LogP contribution in [0.25, 0.3) is 0 Å². The van der Waals surface area contributed by atoms with Gasteiger partial charge in [-0.1, -0.05) is 0 Å². The summed E-state index contributed by atoms with van der Waals surface area (Å²) in [7, 11) is -1.72. The molecule has 110 valence electrons. The fourth-order valence-corrected chi connectivity index (χ4v) is 2.57. The van der Waals surface area contributed by atoms with Gasteiger partial charge in [0.2, 0.25) is 0 Å². The van der Waals surface area contributed by atoms with Gasteiger partial charge in [0.25, 0.3) is 0 Å². The van der Waals surface area contributed by atoms with Gasteiger partial charge in [-0.05, 0) is 33.8 Å². The van der Waals surface area contributed by atoms with E-state index in [2.05, 4.69) is 4.98 Å². The molecule has 7 heteroatoms. The van der Waals surface area contributed by atoms with Gasteiger partial charge in [-0.3, -0.25) is 9.19 Å². The summed E-state index contributed by atoms with van der Waals surface area (Å²) in [5.74, 6) is 0.209. The highest BCUT2D eigenvalue weighted by atomic mass is 32.2. The van der Waals surface area contributed by atoms with Crippen molar-refractivity contribution in [1.82, 2.24) is 4.98 Å². The smallest absolute Gasteiger partial charge is 0.498 e. The second-order valence-electron chi connectivity index (χ2n) is 6.00. The highest BCUT2D eigenvalue weighted by molar-refractivity contribution is 7.83. The zero-order chi connectivity index (χ0) is 15.1. The zero-order valence-electron chi connectivity index (χ0n) is 12.5. The highest BCUT2D eigenvalue weighted by Gasteiger charge is 2.52. The molecule has 0 aliphatic carbocycles. The maximum atomic E-state index is 11.3. The molecule has 1 fully saturated rings. The van der Waals surface area contributed by atoms with E-state index in [0.717, 1.165) is 0 Å². The molecule has 1 aromatic rings. The van der Waals surface area contributed by atoms with E-state index in [1.54, 1.807) is 18.5 Å². The molecule has 0 bridgehead atoms. The Morgan fingerprint density at radius 1 is 1.30 bits per heavy atom. The molecule has 20 heavy (non-hydrogen) atoms. The summed E-state index contributed by atoms with van der Waals surface area (Å²) in [5.41, 5.74) is -0.0143. The third-order valence-corrected chi connectivity index (χ3v) is 4.56. The van der Waals surface area contributed by atoms with Gasteiger partial charge in [-0.15, -0.1) is 0 Å². The number of aromatic nitrogens is 1. The standard InChI is InChI=1S/C13H20BNO4S/c1-12(2)13(3,4)19-14(18-12)9-6-7-15-10(11(9)16)8-20(5)17/h6-7,16H,8H2,1-5H3. The van der Waals surface area contributed by atoms with Crippen LogP contribution in [-0.4, -0.2) is 38.9 Å². The number of nitrogens with zero attached hydrogens (tertiary/aromatic N) is 1. The summed E-state index contributed by atoms with van der Waals surface area (Å²) in [5, 5.41) is 10.3. The number of aromatic hydroxyl groups is 1. The SMILES string of the molecule is CS(=O)Cc1nccc(B2OC(C)(C)C(C)(C)O2)c1O. The van der Waals surface area contributed by atoms with E-state index in [1.165, 1.54) is 0 Å². The molecule has 0 saturated carbocycles. The van der Waals surface area contributed by atoms with Crippen LogP contribution in [0.2, 0.25) is 0 Å². The van der Waals surface area contributed by atoms with E-state index in [-0.39, 0.29) is 11.5 Å². The molecule has 1 aromatic heterocycles. The Balaban J connectivity index is 2.34. The first-order valence-electron chi connectivity index (χ1n) is 6.46. The number of hydrogen-bond donors (Lipinski definition) is 1. The Bertz CT molecular complexity index is 531. The molecule has 1 aliphatic heterocycles. The minimum absolute atomic E-state index is 0.00111. The molecule has 0 amide bonds. The summed E-state index contributed by atoms with van der Waals surface area (Å²) in [4.78, 5) is 4.07. The van der Waals surface area contributed by atoms with E-state index in [4.69, 9.17) is 9.31 Å². The van der Waals surface area contributed by atoms with E-state index < -0.39 is 29.1 Å². The topological polar surface area (TPSA) is 68.7 Å². The molecule has 1 atom stereocenters. The summed E-state index contributed by atoms with van der Waals surface area (Å²) < 4.78 is 23.1. The highest BCUT2D eigenvalue weighted by Crippen LogP contribution is 2.37. The first-order chi connectivity index (χ1) is 9.14. The second-order valence-corrected chi connectivity index (χ2v) is 7.44. The third kappa shape index (κ3) is 2.75. The van der Waals surface area contributed by atoms with E-state index >= 15 is 0 Å². The van der Waals surface area contributed by atoms with Gasteiger partial charge >= 0.3 is 7.12 Å². The van der Waals surface area contributed by atoms with Crippen molar-refractivity contribution in [3.8, 4) is 5.75 Å². The van der Waals surface area contributed by atoms with Crippen LogP contribution in [0.1, 0.15) is 33.4 Å². The van der Waals surface area contributed by atoms with Gasteiger partial charge in [0.15, 0.2) is 0 Å². The van der Waals surface area contributed by atoms with Crippen molar-refractivity contribution in [2.75, 3.05) is 6.26 Å². The maximum Gasteiger partial charge on any atom is 0.498 e. The number of hydrogen-bond acceptors (Lipinski definition) is 5. The number of rotatable bonds is 3. The Labute approximate surface area is 122 Å². The maximum absolute atomic E-state index is 11.3. The fourth-order valence-electron chi connectivity index (χ4n) is 1.97. The fraction of sp³-hybridized carbons (Fsp3) is 0.615. The van der Waals surface area contributed by atoms with Crippen molar-refractivity contribution in [2.45, 2.75) is 44.6 Å². The molecule has 1 saturated heterocycles. The van der Waals surface area contributed by atoms with Gasteiger partial charge in [-0.25, -0.2) is 0 Å². The summed E-state index contributed by atoms with van der Waals surface area (Å²) in [6, 6.07) is 1.67. The van der Waals surface area contributed by atoms with Crippen LogP contribution in [-0.2, 0) is 25.9 Å². The van der Waals surface area contributed by atoms with Gasteiger partial charge < -0.3 is 14.4 Å². The van der Waals surface area contributed by atoms with Crippen LogP contribution in [0.15, 0.2) is 12.3 Å². The summed E-state index contributed by atoms with van der Waals surface area (Å²) in [6.45, 7) is 7.81. The van der Waals surface area contributed by atoms with E-state index in [9.17, 15) is 9.32 Å². The largest absolute Gasteiger partial charge is 0.506 e. The first-order valence-corrected chi connectivity index (χ1v) is 8.19. The lowest BCUT2D eigenvalue weighted by Gasteiger charge is -2.32. The quantitative estimate of drug-likeness (QED) is 0.842. The minimum atomic E-state index is -1.07. The molecular formula is C13H20BNO4S. The Hall–Kier alpha value is -0.915. The van der Waals surface area contributed by atoms with Crippen molar-refractivity contribution < 1.29 is 18.6 Å². The zero-order valence-corrected chi connectivity index (χ0v) is 13.3. The van der Waals surface area contributed by atoms with Crippen molar-refractivity contribution in [3.63, 3.8) is 0 Å². The van der Waals surface area contributed by atoms with Crippen LogP contribution in [0.3, 0.4) is 0 Å². The molecule has 5 nitrogen and oxygen atoms in total. The monoisotopic (exact) mass is 297 g/mol. The van der Waals surface area contributed by atoms with E-state index in [0.29, 0.717) is 11.2 Å². The predicted octanol–water partition coefficient (Wildman–Crippen LogP) is 0.965. The molecule has 0 spiro atoms. The second kappa shape index (κ2) is 5.13. The van der Waals surface area contributed by atoms with Gasteiger partial charge in [0, 0.05) is 28.7 Å². The van der Waals surface area contributed by atoms with Crippen LogP contribution >= 0.6 is 0 Å². The van der Waals surface area contributed by atoms with Crippen LogP contribution in [0.5, 0.6) is 5.75 Å². The lowest BCUT2D eigenvalue weighted by Crippen LogP contribution is -2.41. The van der Waals surface area contributed by atoms with Crippen LogP contribution in [0.4, 0.5) is 0 Å². The Morgan fingerprint density at radius 2 is 1.85 bits per heavy atom. The summed E-state index contributed by atoms with van der Waals surface area (Å²) in [6.07, 6.45) is 3.14. The Morgan fingerprint density at radius 3 is 2.35 bits per heavy atom. The lowest BCUT2D eigenvalue weighted by molar-refractivity contribution is 0.00578. The average Bonchev–Trinajstić information content (AvgIpc) is 2.50. The van der Waals surface area contributed by atoms with Crippen molar-refractivity contribution in [1.29, 1.82) is 0 Å². The predicted molar refractivity (Wildman–Crippen MR) is 79.4 cm³/mol. The molecule has 2 rings (SSSR count). The molecule has 1 aliphatic rings. The van der Waals surface area contributed by atoms with Crippen LogP contribution < -0.4 is 5.46 Å². The van der Waals surface area contributed by atoms with Crippen molar-refractivity contribution in [2.24, 2.45) is 0 Å². The lowest BCUT2D eigenvalue weighted by atomic mass is 9.78. The first kappa shape index (κ1) is 15.5. The molecule has 0 radical (unpaired) electrons. The molecule has 1 unspecified atom stereocenters. The van der Waals surface area contributed by atoms with Crippen LogP contribution in [0, 0.1) is 0 Å². The molecular weight excluding hydrogens is 277 g/mol. The summed E-state index contributed by atoms with van der Waals surface area (Å²) >= 11 is 0. The normalized spacial score (nSPS) is 21.9. The Kier molecular flexibility index (Phi) is 3.97. The molecule has 1 N–H and O–H groups in total. The molecule has 0 aromatic carbocycles. The molecule has 2 heterocycles. The third-order valence-electron chi connectivity index (χ3n) is 3.88. The average molecular weight is 297 g/mol. The van der Waals surface area contributed by atoms with Crippen molar-refractivity contribution in [3.05, 3.63) is 18.0 Å². The van der Waals surface area contributed by atoms with Crippen molar-refractivity contribution >= 4 is 23.4 Å². The number of pyridine rings is 1.